The summed E-state index contributed by atoms with van der Waals surface area (Å²) in [4.78, 5) is 23.2. The molecule has 2 heterocycles. The number of nitrogens with one attached hydrogen (secondary N) is 1. The van der Waals surface area contributed by atoms with Gasteiger partial charge in [0, 0.05) is 19.3 Å². The molecule has 1 aliphatic rings. The Bertz CT molecular complexity index is 960. The van der Waals surface area contributed by atoms with Crippen LogP contribution >= 0.6 is 11.6 Å². The van der Waals surface area contributed by atoms with Crippen molar-refractivity contribution in [3.05, 3.63) is 82.6 Å². The first-order chi connectivity index (χ1) is 12.7. The van der Waals surface area contributed by atoms with Gasteiger partial charge in [0.2, 0.25) is 5.95 Å². The Hall–Kier alpha value is -2.92. The van der Waals surface area contributed by atoms with Crippen LogP contribution in [0.2, 0.25) is 5.02 Å². The first-order valence-electron chi connectivity index (χ1n) is 8.41. The molecule has 5 nitrogen and oxygen atoms in total. The number of fused-ring (bicyclic) bond motifs is 1. The van der Waals surface area contributed by atoms with Gasteiger partial charge in [-0.1, -0.05) is 48.0 Å². The van der Waals surface area contributed by atoms with Crippen LogP contribution in [0.4, 0.5) is 11.6 Å². The number of rotatable bonds is 3. The molecule has 0 atom stereocenters. The molecular weight excluding hydrogens is 348 g/mol. The second kappa shape index (κ2) is 7.14. The van der Waals surface area contributed by atoms with Crippen molar-refractivity contribution in [2.24, 2.45) is 0 Å². The van der Waals surface area contributed by atoms with Crippen LogP contribution in [0, 0.1) is 0 Å². The smallest absolute Gasteiger partial charge is 0.272 e. The molecule has 1 aliphatic heterocycles. The van der Waals surface area contributed by atoms with Crippen LogP contribution in [0.1, 0.15) is 21.6 Å². The highest BCUT2D eigenvalue weighted by Gasteiger charge is 2.22. The summed E-state index contributed by atoms with van der Waals surface area (Å²) in [7, 11) is 0. The van der Waals surface area contributed by atoms with E-state index in [1.807, 2.05) is 35.2 Å². The van der Waals surface area contributed by atoms with Gasteiger partial charge >= 0.3 is 0 Å². The van der Waals surface area contributed by atoms with Crippen LogP contribution in [0.3, 0.4) is 0 Å². The molecule has 6 heteroatoms. The molecule has 26 heavy (non-hydrogen) atoms. The number of para-hydroxylation sites is 1. The van der Waals surface area contributed by atoms with Gasteiger partial charge in [0.05, 0.1) is 10.7 Å². The first kappa shape index (κ1) is 16.5. The third-order valence-corrected chi connectivity index (χ3v) is 4.74. The molecule has 0 bridgehead atoms. The molecule has 1 amide bonds. The van der Waals surface area contributed by atoms with E-state index in [2.05, 4.69) is 27.4 Å². The Morgan fingerprint density at radius 2 is 1.81 bits per heavy atom. The lowest BCUT2D eigenvalue weighted by molar-refractivity contribution is 0.0728. The lowest BCUT2D eigenvalue weighted by Crippen LogP contribution is -2.36. The van der Waals surface area contributed by atoms with Crippen LogP contribution in [0.15, 0.2) is 60.8 Å². The van der Waals surface area contributed by atoms with Crippen LogP contribution in [-0.4, -0.2) is 27.3 Å². The van der Waals surface area contributed by atoms with Gasteiger partial charge in [0.15, 0.2) is 0 Å². The summed E-state index contributed by atoms with van der Waals surface area (Å²) in [6.07, 6.45) is 2.44. The molecule has 0 unspecified atom stereocenters. The quantitative estimate of drug-likeness (QED) is 0.761. The van der Waals surface area contributed by atoms with Crippen LogP contribution < -0.4 is 5.32 Å². The zero-order chi connectivity index (χ0) is 17.9. The van der Waals surface area contributed by atoms with E-state index in [-0.39, 0.29) is 5.91 Å². The molecule has 0 radical (unpaired) electrons. The number of hydrogen-bond acceptors (Lipinski definition) is 4. The van der Waals surface area contributed by atoms with Gasteiger partial charge in [-0.15, -0.1) is 0 Å². The topological polar surface area (TPSA) is 58.1 Å². The van der Waals surface area contributed by atoms with Crippen molar-refractivity contribution in [1.29, 1.82) is 0 Å². The zero-order valence-corrected chi connectivity index (χ0v) is 14.8. The Balaban J connectivity index is 1.53. The minimum absolute atomic E-state index is 0.0934. The fourth-order valence-corrected chi connectivity index (χ4v) is 3.24. The van der Waals surface area contributed by atoms with Crippen LogP contribution in [0.5, 0.6) is 0 Å². The standard InChI is InChI=1S/C20H17ClN4O/c21-16-7-3-4-8-17(16)23-20-22-11-9-18(24-20)19(26)25-12-10-14-5-1-2-6-15(14)13-25/h1-9,11H,10,12-13H2,(H,22,23,24). The molecule has 0 fully saturated rings. The van der Waals surface area contributed by atoms with E-state index in [9.17, 15) is 4.79 Å². The van der Waals surface area contributed by atoms with E-state index in [0.29, 0.717) is 35.4 Å². The van der Waals surface area contributed by atoms with Gasteiger partial charge < -0.3 is 10.2 Å². The maximum Gasteiger partial charge on any atom is 0.272 e. The van der Waals surface area contributed by atoms with E-state index >= 15 is 0 Å². The van der Waals surface area contributed by atoms with Crippen LogP contribution in [0.25, 0.3) is 0 Å². The van der Waals surface area contributed by atoms with Gasteiger partial charge in [0.25, 0.3) is 5.91 Å². The summed E-state index contributed by atoms with van der Waals surface area (Å²) in [6, 6.07) is 17.2. The number of benzene rings is 2. The maximum atomic E-state index is 12.9. The molecular formula is C20H17ClN4O. The van der Waals surface area contributed by atoms with E-state index in [1.54, 1.807) is 18.3 Å². The van der Waals surface area contributed by atoms with E-state index in [4.69, 9.17) is 11.6 Å². The first-order valence-corrected chi connectivity index (χ1v) is 8.79. The third-order valence-electron chi connectivity index (χ3n) is 4.41. The van der Waals surface area contributed by atoms with Gasteiger partial charge in [-0.05, 0) is 35.7 Å². The number of anilines is 2. The number of carbonyl (C=O) groups is 1. The second-order valence-electron chi connectivity index (χ2n) is 6.12. The Morgan fingerprint density at radius 1 is 1.04 bits per heavy atom. The van der Waals surface area contributed by atoms with Crippen molar-refractivity contribution in [2.45, 2.75) is 13.0 Å². The average Bonchev–Trinajstić information content (AvgIpc) is 2.69. The number of carbonyl (C=O) groups excluding carboxylic acids is 1. The molecule has 0 saturated heterocycles. The SMILES string of the molecule is O=C(c1ccnc(Nc2ccccc2Cl)n1)N1CCc2ccccc2C1. The van der Waals surface area contributed by atoms with Crippen molar-refractivity contribution in [3.8, 4) is 0 Å². The Kier molecular flexibility index (Phi) is 4.54. The summed E-state index contributed by atoms with van der Waals surface area (Å²) in [5.41, 5.74) is 3.57. The summed E-state index contributed by atoms with van der Waals surface area (Å²) in [5.74, 6) is 0.255. The second-order valence-corrected chi connectivity index (χ2v) is 6.52. The zero-order valence-electron chi connectivity index (χ0n) is 14.0. The Morgan fingerprint density at radius 3 is 2.65 bits per heavy atom. The number of amides is 1. The van der Waals surface area contributed by atoms with Gasteiger partial charge in [-0.3, -0.25) is 4.79 Å². The molecule has 130 valence electrons. The molecule has 2 aromatic carbocycles. The fraction of sp³-hybridized carbons (Fsp3) is 0.150. The molecule has 1 N–H and O–H groups in total. The monoisotopic (exact) mass is 364 g/mol. The maximum absolute atomic E-state index is 12.9. The fourth-order valence-electron chi connectivity index (χ4n) is 3.05. The number of halogens is 1. The minimum atomic E-state index is -0.0934. The van der Waals surface area contributed by atoms with Crippen molar-refractivity contribution >= 4 is 29.1 Å². The number of aromatic nitrogens is 2. The molecule has 0 aliphatic carbocycles. The van der Waals surface area contributed by atoms with Crippen molar-refractivity contribution in [3.63, 3.8) is 0 Å². The molecule has 0 saturated carbocycles. The lowest BCUT2D eigenvalue weighted by atomic mass is 10.00. The van der Waals surface area contributed by atoms with Crippen LogP contribution in [-0.2, 0) is 13.0 Å². The third kappa shape index (κ3) is 3.39. The predicted molar refractivity (Wildman–Crippen MR) is 102 cm³/mol. The van der Waals surface area contributed by atoms with Gasteiger partial charge in [-0.2, -0.15) is 0 Å². The Labute approximate surface area is 156 Å². The summed E-state index contributed by atoms with van der Waals surface area (Å²) in [5, 5.41) is 3.63. The summed E-state index contributed by atoms with van der Waals surface area (Å²) in [6.45, 7) is 1.29. The molecule has 0 spiro atoms. The average molecular weight is 365 g/mol. The van der Waals surface area contributed by atoms with Gasteiger partial charge in [-0.25, -0.2) is 9.97 Å². The van der Waals surface area contributed by atoms with E-state index in [1.165, 1.54) is 11.1 Å². The normalized spacial score (nSPS) is 13.2. The largest absolute Gasteiger partial charge is 0.333 e. The van der Waals surface area contributed by atoms with Crippen molar-refractivity contribution in [1.82, 2.24) is 14.9 Å². The highest BCUT2D eigenvalue weighted by molar-refractivity contribution is 6.33. The summed E-state index contributed by atoms with van der Waals surface area (Å²) >= 11 is 6.15. The highest BCUT2D eigenvalue weighted by Crippen LogP contribution is 2.24. The van der Waals surface area contributed by atoms with E-state index < -0.39 is 0 Å². The molecule has 1 aromatic heterocycles. The predicted octanol–water partition coefficient (Wildman–Crippen LogP) is 4.07. The molecule has 3 aromatic rings. The lowest BCUT2D eigenvalue weighted by Gasteiger charge is -2.28. The summed E-state index contributed by atoms with van der Waals surface area (Å²) < 4.78 is 0. The molecule has 4 rings (SSSR count). The van der Waals surface area contributed by atoms with Crippen molar-refractivity contribution < 1.29 is 4.79 Å². The number of hydrogen-bond donors (Lipinski definition) is 1. The van der Waals surface area contributed by atoms with Crippen molar-refractivity contribution in [2.75, 3.05) is 11.9 Å². The number of nitrogens with zero attached hydrogens (tertiary/aromatic N) is 3. The van der Waals surface area contributed by atoms with E-state index in [0.717, 1.165) is 6.42 Å². The van der Waals surface area contributed by atoms with Gasteiger partial charge in [0.1, 0.15) is 5.69 Å². The minimum Gasteiger partial charge on any atom is -0.333 e. The highest BCUT2D eigenvalue weighted by atomic mass is 35.5.